The summed E-state index contributed by atoms with van der Waals surface area (Å²) in [5.41, 5.74) is 2.11. The molecule has 0 saturated heterocycles. The van der Waals surface area contributed by atoms with E-state index in [2.05, 4.69) is 15.4 Å². The van der Waals surface area contributed by atoms with Crippen LogP contribution in [0.25, 0.3) is 22.3 Å². The van der Waals surface area contributed by atoms with E-state index in [1.807, 2.05) is 0 Å². The van der Waals surface area contributed by atoms with Crippen LogP contribution in [0.3, 0.4) is 0 Å². The lowest BCUT2D eigenvalue weighted by molar-refractivity contribution is 0.0952. The highest BCUT2D eigenvalue weighted by Gasteiger charge is 2.17. The normalized spacial score (nSPS) is 11.0. The number of nitrogens with zero attached hydrogens (tertiary/aromatic N) is 3. The first-order valence-electron chi connectivity index (χ1n) is 8.73. The van der Waals surface area contributed by atoms with Crippen LogP contribution in [-0.4, -0.2) is 20.7 Å². The fraction of sp³-hybridized carbons (Fsp3) is 0.0952. The number of aryl methyl sites for hydroxylation is 1. The van der Waals surface area contributed by atoms with Crippen LogP contribution < -0.4 is 5.32 Å². The lowest BCUT2D eigenvalue weighted by Gasteiger charge is -2.09. The largest absolute Gasteiger partial charge is 0.348 e. The monoisotopic (exact) mass is 396 g/mol. The number of halogens is 3. The van der Waals surface area contributed by atoms with E-state index in [4.69, 9.17) is 0 Å². The van der Waals surface area contributed by atoms with Gasteiger partial charge in [-0.15, -0.1) is 0 Å². The van der Waals surface area contributed by atoms with Gasteiger partial charge in [0.15, 0.2) is 17.3 Å². The number of carbonyl (C=O) groups excluding carboxylic acids is 1. The van der Waals surface area contributed by atoms with Gasteiger partial charge in [0.1, 0.15) is 5.82 Å². The first kappa shape index (κ1) is 18.7. The summed E-state index contributed by atoms with van der Waals surface area (Å²) >= 11 is 0. The Hall–Kier alpha value is -3.68. The van der Waals surface area contributed by atoms with Gasteiger partial charge >= 0.3 is 0 Å². The van der Waals surface area contributed by atoms with Crippen LogP contribution in [-0.2, 0) is 13.6 Å². The maximum atomic E-state index is 13.6. The number of nitrogens with one attached hydrogen (secondary N) is 1. The molecular weight excluding hydrogens is 381 g/mol. The van der Waals surface area contributed by atoms with Crippen LogP contribution in [0.2, 0.25) is 0 Å². The van der Waals surface area contributed by atoms with E-state index >= 15 is 0 Å². The molecule has 0 aliphatic carbocycles. The molecule has 2 heterocycles. The van der Waals surface area contributed by atoms with Crippen molar-refractivity contribution in [3.05, 3.63) is 83.3 Å². The Morgan fingerprint density at radius 3 is 2.66 bits per heavy atom. The zero-order chi connectivity index (χ0) is 20.5. The molecule has 1 N–H and O–H groups in total. The molecule has 146 valence electrons. The molecule has 4 rings (SSSR count). The Morgan fingerprint density at radius 2 is 1.90 bits per heavy atom. The van der Waals surface area contributed by atoms with Gasteiger partial charge in [0, 0.05) is 19.2 Å². The number of carbonyl (C=O) groups is 1. The third-order valence-electron chi connectivity index (χ3n) is 4.51. The molecule has 2 aromatic carbocycles. The first-order valence-corrected chi connectivity index (χ1v) is 8.73. The lowest BCUT2D eigenvalue weighted by Crippen LogP contribution is -2.23. The number of benzene rings is 2. The topological polar surface area (TPSA) is 59.8 Å². The van der Waals surface area contributed by atoms with Crippen molar-refractivity contribution < 1.29 is 18.0 Å². The van der Waals surface area contributed by atoms with E-state index in [-0.39, 0.29) is 6.54 Å². The van der Waals surface area contributed by atoms with Crippen LogP contribution in [0.15, 0.2) is 54.7 Å². The quantitative estimate of drug-likeness (QED) is 0.568. The van der Waals surface area contributed by atoms with Crippen molar-refractivity contribution in [2.75, 3.05) is 0 Å². The second kappa shape index (κ2) is 7.38. The Morgan fingerprint density at radius 1 is 1.07 bits per heavy atom. The predicted octanol–water partition coefficient (Wildman–Crippen LogP) is 3.98. The molecule has 0 spiro atoms. The highest BCUT2D eigenvalue weighted by molar-refractivity contribution is 6.06. The molecule has 29 heavy (non-hydrogen) atoms. The summed E-state index contributed by atoms with van der Waals surface area (Å²) in [5, 5.41) is 7.35. The molecule has 0 aliphatic heterocycles. The number of fused-ring (bicyclic) bond motifs is 1. The van der Waals surface area contributed by atoms with E-state index in [1.165, 1.54) is 29.1 Å². The molecule has 2 aromatic heterocycles. The van der Waals surface area contributed by atoms with Gasteiger partial charge in [0.2, 0.25) is 0 Å². The summed E-state index contributed by atoms with van der Waals surface area (Å²) in [6.45, 7) is 0.00934. The maximum Gasteiger partial charge on any atom is 0.252 e. The minimum absolute atomic E-state index is 0.00934. The van der Waals surface area contributed by atoms with Gasteiger partial charge in [-0.25, -0.2) is 18.2 Å². The highest BCUT2D eigenvalue weighted by atomic mass is 19.2. The van der Waals surface area contributed by atoms with Gasteiger partial charge < -0.3 is 5.32 Å². The summed E-state index contributed by atoms with van der Waals surface area (Å²) < 4.78 is 41.6. The van der Waals surface area contributed by atoms with Gasteiger partial charge in [0.25, 0.3) is 5.91 Å². The summed E-state index contributed by atoms with van der Waals surface area (Å²) in [7, 11) is 1.69. The number of aromatic nitrogens is 3. The van der Waals surface area contributed by atoms with Gasteiger partial charge in [-0.3, -0.25) is 9.48 Å². The molecule has 0 atom stereocenters. The predicted molar refractivity (Wildman–Crippen MR) is 101 cm³/mol. The first-order chi connectivity index (χ1) is 13.9. The number of pyridine rings is 1. The average molecular weight is 396 g/mol. The highest BCUT2D eigenvalue weighted by Crippen LogP contribution is 2.25. The van der Waals surface area contributed by atoms with Crippen molar-refractivity contribution >= 4 is 16.9 Å². The van der Waals surface area contributed by atoms with Crippen molar-refractivity contribution in [1.29, 1.82) is 0 Å². The van der Waals surface area contributed by atoms with Gasteiger partial charge in [-0.2, -0.15) is 5.10 Å². The summed E-state index contributed by atoms with van der Waals surface area (Å²) in [6.07, 6.45) is 1.52. The standard InChI is InChI=1S/C21H15F3N4O/c1-28-20-16(11-26-28)15(9-19(27-20)13-3-2-4-14(22)8-13)21(29)25-10-12-5-6-17(23)18(24)7-12/h2-9,11H,10H2,1H3,(H,25,29). The van der Waals surface area contributed by atoms with Crippen molar-refractivity contribution in [3.8, 4) is 11.3 Å². The SMILES string of the molecule is Cn1ncc2c(C(=O)NCc3ccc(F)c(F)c3)cc(-c3cccc(F)c3)nc21. The van der Waals surface area contributed by atoms with Crippen LogP contribution in [0.1, 0.15) is 15.9 Å². The number of rotatable bonds is 4. The van der Waals surface area contributed by atoms with Crippen LogP contribution in [0, 0.1) is 17.5 Å². The zero-order valence-electron chi connectivity index (χ0n) is 15.3. The van der Waals surface area contributed by atoms with Gasteiger partial charge in [0.05, 0.1) is 22.8 Å². The van der Waals surface area contributed by atoms with Crippen LogP contribution in [0.4, 0.5) is 13.2 Å². The second-order valence-electron chi connectivity index (χ2n) is 6.50. The Labute approximate surface area is 163 Å². The second-order valence-corrected chi connectivity index (χ2v) is 6.50. The van der Waals surface area contributed by atoms with Gasteiger partial charge in [-0.05, 0) is 35.9 Å². The van der Waals surface area contributed by atoms with E-state index in [1.54, 1.807) is 25.2 Å². The Bertz CT molecular complexity index is 1240. The summed E-state index contributed by atoms with van der Waals surface area (Å²) in [4.78, 5) is 17.3. The molecule has 1 amide bonds. The number of amides is 1. The van der Waals surface area contributed by atoms with E-state index < -0.39 is 23.4 Å². The summed E-state index contributed by atoms with van der Waals surface area (Å²) in [5.74, 6) is -2.79. The molecule has 0 saturated carbocycles. The smallest absolute Gasteiger partial charge is 0.252 e. The van der Waals surface area contributed by atoms with Crippen molar-refractivity contribution in [2.45, 2.75) is 6.54 Å². The molecule has 0 radical (unpaired) electrons. The fourth-order valence-electron chi connectivity index (χ4n) is 3.03. The van der Waals surface area contributed by atoms with Crippen molar-refractivity contribution in [1.82, 2.24) is 20.1 Å². The molecular formula is C21H15F3N4O. The molecule has 8 heteroatoms. The van der Waals surface area contributed by atoms with Crippen LogP contribution in [0.5, 0.6) is 0 Å². The summed E-state index contributed by atoms with van der Waals surface area (Å²) in [6, 6.07) is 10.9. The average Bonchev–Trinajstić information content (AvgIpc) is 3.09. The fourth-order valence-corrected chi connectivity index (χ4v) is 3.03. The van der Waals surface area contributed by atoms with Crippen molar-refractivity contribution in [3.63, 3.8) is 0 Å². The molecule has 0 aliphatic rings. The minimum atomic E-state index is -0.983. The minimum Gasteiger partial charge on any atom is -0.348 e. The number of hydrogen-bond acceptors (Lipinski definition) is 3. The molecule has 0 unspecified atom stereocenters. The Kier molecular flexibility index (Phi) is 4.75. The lowest BCUT2D eigenvalue weighted by atomic mass is 10.1. The third-order valence-corrected chi connectivity index (χ3v) is 4.51. The number of hydrogen-bond donors (Lipinski definition) is 1. The maximum absolute atomic E-state index is 13.6. The molecule has 4 aromatic rings. The molecule has 5 nitrogen and oxygen atoms in total. The van der Waals surface area contributed by atoms with E-state index in [0.29, 0.717) is 33.4 Å². The van der Waals surface area contributed by atoms with E-state index in [9.17, 15) is 18.0 Å². The third kappa shape index (κ3) is 3.69. The van der Waals surface area contributed by atoms with E-state index in [0.717, 1.165) is 12.1 Å². The molecule has 0 fully saturated rings. The van der Waals surface area contributed by atoms with Crippen LogP contribution >= 0.6 is 0 Å². The zero-order valence-corrected chi connectivity index (χ0v) is 15.3. The van der Waals surface area contributed by atoms with Crippen molar-refractivity contribution in [2.24, 2.45) is 7.05 Å². The molecule has 0 bridgehead atoms. The Balaban J connectivity index is 1.70. The van der Waals surface area contributed by atoms with Gasteiger partial charge in [-0.1, -0.05) is 18.2 Å².